The maximum atomic E-state index is 14.3. The standard InChI is InChI=1S/C37H39NO11S3/c1-8-45-32(40)27-28(33(41)46-9-2)50-31-26(37(27)51-29(34(42)47-10-3)30(52-37)35(43)48-11-4)23-19-22(44-7)17-18-24(23)38(36(31,5)6)25(39)20-49-21-15-13-12-14-16-21/h12-19H,8-11,20H2,1-7H3. The number of nitrogens with zero attached hydrogens (tertiary/aromatic N) is 1. The molecule has 1 spiro atoms. The Bertz CT molecular complexity index is 1850. The summed E-state index contributed by atoms with van der Waals surface area (Å²) in [4.78, 5) is 71.5. The molecule has 2 aromatic carbocycles. The Labute approximate surface area is 314 Å². The lowest BCUT2D eigenvalue weighted by Gasteiger charge is -2.50. The number of ether oxygens (including phenoxy) is 6. The molecular weight excluding hydrogens is 731 g/mol. The lowest BCUT2D eigenvalue weighted by molar-refractivity contribution is -0.141. The van der Waals surface area contributed by atoms with Crippen molar-refractivity contribution < 1.29 is 52.4 Å². The van der Waals surface area contributed by atoms with E-state index in [9.17, 15) is 24.0 Å². The van der Waals surface area contributed by atoms with Crippen molar-refractivity contribution in [2.45, 2.75) is 51.2 Å². The molecule has 0 fully saturated rings. The maximum absolute atomic E-state index is 14.3. The highest BCUT2D eigenvalue weighted by Crippen LogP contribution is 2.71. The number of carbonyl (C=O) groups is 5. The first-order valence-corrected chi connectivity index (χ1v) is 19.0. The van der Waals surface area contributed by atoms with Gasteiger partial charge in [-0.05, 0) is 71.9 Å². The molecule has 276 valence electrons. The lowest BCUT2D eigenvalue weighted by atomic mass is 9.83. The van der Waals surface area contributed by atoms with Crippen molar-refractivity contribution >= 4 is 76.3 Å². The zero-order valence-corrected chi connectivity index (χ0v) is 32.3. The van der Waals surface area contributed by atoms with Gasteiger partial charge in [-0.3, -0.25) is 9.69 Å². The zero-order valence-electron chi connectivity index (χ0n) is 29.8. The molecule has 52 heavy (non-hydrogen) atoms. The fourth-order valence-corrected chi connectivity index (χ4v) is 11.0. The van der Waals surface area contributed by atoms with Crippen LogP contribution in [0.15, 0.2) is 73.7 Å². The Morgan fingerprint density at radius 1 is 0.692 bits per heavy atom. The van der Waals surface area contributed by atoms with Crippen LogP contribution in [0.3, 0.4) is 0 Å². The number of amides is 1. The van der Waals surface area contributed by atoms with Gasteiger partial charge in [0.05, 0.1) is 50.3 Å². The number of hydrogen-bond donors (Lipinski definition) is 0. The van der Waals surface area contributed by atoms with E-state index in [1.165, 1.54) is 7.11 Å². The molecule has 0 radical (unpaired) electrons. The third kappa shape index (κ3) is 7.05. The van der Waals surface area contributed by atoms with Gasteiger partial charge >= 0.3 is 23.9 Å². The molecule has 2 aromatic rings. The average Bonchev–Trinajstić information content (AvgIpc) is 3.51. The molecule has 0 atom stereocenters. The van der Waals surface area contributed by atoms with Crippen LogP contribution in [0.4, 0.5) is 5.69 Å². The second-order valence-corrected chi connectivity index (χ2v) is 15.4. The predicted octanol–water partition coefficient (Wildman–Crippen LogP) is 6.25. The number of rotatable bonds is 12. The van der Waals surface area contributed by atoms with Crippen molar-refractivity contribution in [3.63, 3.8) is 0 Å². The summed E-state index contributed by atoms with van der Waals surface area (Å²) < 4.78 is 31.7. The van der Waals surface area contributed by atoms with Crippen LogP contribution >= 0.6 is 35.3 Å². The summed E-state index contributed by atoms with van der Waals surface area (Å²) in [6.45, 7) is 9.78. The fourth-order valence-electron chi connectivity index (χ4n) is 6.01. The Balaban J connectivity index is 1.83. The Kier molecular flexibility index (Phi) is 12.1. The number of methoxy groups -OCH3 is 1. The van der Waals surface area contributed by atoms with Crippen LogP contribution in [-0.4, -0.2) is 79.5 Å². The number of benzene rings is 2. The zero-order chi connectivity index (χ0) is 37.8. The molecule has 12 nitrogen and oxygen atoms in total. The summed E-state index contributed by atoms with van der Waals surface area (Å²) in [5.41, 5.74) is 0.00685. The molecular formula is C37H39NO11S3. The lowest BCUT2D eigenvalue weighted by Crippen LogP contribution is -2.55. The van der Waals surface area contributed by atoms with E-state index in [4.69, 9.17) is 28.4 Å². The van der Waals surface area contributed by atoms with Gasteiger partial charge in [-0.25, -0.2) is 19.2 Å². The quantitative estimate of drug-likeness (QED) is 0.177. The van der Waals surface area contributed by atoms with Crippen LogP contribution in [0.5, 0.6) is 11.5 Å². The Hall–Kier alpha value is -4.34. The van der Waals surface area contributed by atoms with Crippen molar-refractivity contribution in [1.29, 1.82) is 0 Å². The SMILES string of the molecule is CCOC(=O)C1=C(C(=O)OCC)SC2(S1)C(C(=O)OCC)=C(C(=O)OCC)SC1=C2c2cc(OC)ccc2N(C(=O)COc2ccccc2)C1(C)C. The monoisotopic (exact) mass is 769 g/mol. The van der Waals surface area contributed by atoms with Crippen LogP contribution in [-0.2, 0) is 42.9 Å². The number of para-hydroxylation sites is 1. The minimum atomic E-state index is -1.72. The summed E-state index contributed by atoms with van der Waals surface area (Å²) in [5, 5.41) is 0. The maximum Gasteiger partial charge on any atom is 0.346 e. The van der Waals surface area contributed by atoms with Gasteiger partial charge in [-0.15, -0.1) is 0 Å². The van der Waals surface area contributed by atoms with Crippen LogP contribution in [0, 0.1) is 0 Å². The number of esters is 4. The van der Waals surface area contributed by atoms with Gasteiger partial charge in [0.25, 0.3) is 5.91 Å². The predicted molar refractivity (Wildman–Crippen MR) is 200 cm³/mol. The van der Waals surface area contributed by atoms with Gasteiger partial charge in [0.15, 0.2) is 6.61 Å². The van der Waals surface area contributed by atoms with Crippen LogP contribution in [0.25, 0.3) is 5.57 Å². The molecule has 15 heteroatoms. The van der Waals surface area contributed by atoms with Gasteiger partial charge in [-0.2, -0.15) is 0 Å². The highest BCUT2D eigenvalue weighted by atomic mass is 32.2. The van der Waals surface area contributed by atoms with Gasteiger partial charge in [0.2, 0.25) is 0 Å². The Morgan fingerprint density at radius 2 is 1.23 bits per heavy atom. The van der Waals surface area contributed by atoms with E-state index in [1.807, 2.05) is 19.9 Å². The molecule has 1 amide bonds. The summed E-state index contributed by atoms with van der Waals surface area (Å²) in [5.74, 6) is -2.76. The smallest absolute Gasteiger partial charge is 0.346 e. The summed E-state index contributed by atoms with van der Waals surface area (Å²) >= 11 is 2.75. The first-order chi connectivity index (χ1) is 24.9. The molecule has 0 unspecified atom stereocenters. The highest BCUT2D eigenvalue weighted by Gasteiger charge is 2.62. The van der Waals surface area contributed by atoms with Crippen LogP contribution in [0.2, 0.25) is 0 Å². The van der Waals surface area contributed by atoms with E-state index < -0.39 is 39.4 Å². The van der Waals surface area contributed by atoms with Crippen molar-refractivity contribution in [2.75, 3.05) is 45.0 Å². The first-order valence-electron chi connectivity index (χ1n) is 16.6. The van der Waals surface area contributed by atoms with Crippen molar-refractivity contribution in [1.82, 2.24) is 0 Å². The molecule has 3 aliphatic rings. The number of thioether (sulfide) groups is 3. The summed E-state index contributed by atoms with van der Waals surface area (Å²) in [6, 6.07) is 14.1. The van der Waals surface area contributed by atoms with Crippen LogP contribution in [0.1, 0.15) is 47.1 Å². The van der Waals surface area contributed by atoms with Gasteiger partial charge in [0.1, 0.15) is 30.3 Å². The molecule has 3 aliphatic heterocycles. The second kappa shape index (κ2) is 16.1. The third-order valence-corrected chi connectivity index (χ3v) is 12.7. The minimum absolute atomic E-state index is 0.00427. The molecule has 0 saturated heterocycles. The highest BCUT2D eigenvalue weighted by molar-refractivity contribution is 8.26. The third-order valence-electron chi connectivity index (χ3n) is 8.06. The number of anilines is 1. The molecule has 0 aromatic heterocycles. The van der Waals surface area contributed by atoms with Gasteiger partial charge < -0.3 is 28.4 Å². The van der Waals surface area contributed by atoms with E-state index in [2.05, 4.69) is 0 Å². The topological polar surface area (TPSA) is 144 Å². The minimum Gasteiger partial charge on any atom is -0.497 e. The van der Waals surface area contributed by atoms with Gasteiger partial charge in [0, 0.05) is 16.0 Å². The molecule has 0 bridgehead atoms. The van der Waals surface area contributed by atoms with E-state index in [1.54, 1.807) is 75.1 Å². The molecule has 0 N–H and O–H groups in total. The van der Waals surface area contributed by atoms with Crippen molar-refractivity contribution in [3.8, 4) is 11.5 Å². The Morgan fingerprint density at radius 3 is 1.77 bits per heavy atom. The number of fused-ring (bicyclic) bond motifs is 3. The van der Waals surface area contributed by atoms with E-state index >= 15 is 0 Å². The molecule has 0 aliphatic carbocycles. The molecule has 3 heterocycles. The van der Waals surface area contributed by atoms with E-state index in [0.717, 1.165) is 35.3 Å². The number of hydrogen-bond acceptors (Lipinski definition) is 14. The van der Waals surface area contributed by atoms with Crippen molar-refractivity contribution in [2.24, 2.45) is 0 Å². The van der Waals surface area contributed by atoms with Crippen LogP contribution < -0.4 is 14.4 Å². The average molecular weight is 770 g/mol. The molecule has 0 saturated carbocycles. The number of carbonyl (C=O) groups excluding carboxylic acids is 5. The van der Waals surface area contributed by atoms with E-state index in [-0.39, 0.29) is 53.3 Å². The largest absolute Gasteiger partial charge is 0.497 e. The van der Waals surface area contributed by atoms with E-state index in [0.29, 0.717) is 33.2 Å². The molecule has 5 rings (SSSR count). The van der Waals surface area contributed by atoms with Gasteiger partial charge in [-0.1, -0.05) is 53.5 Å². The normalized spacial score (nSPS) is 16.9. The summed E-state index contributed by atoms with van der Waals surface area (Å²) in [7, 11) is 1.49. The fraction of sp³-hybridized carbons (Fsp3) is 0.378. The summed E-state index contributed by atoms with van der Waals surface area (Å²) in [6.07, 6.45) is 0. The first kappa shape index (κ1) is 38.9. The second-order valence-electron chi connectivity index (χ2n) is 11.6. The van der Waals surface area contributed by atoms with Crippen molar-refractivity contribution in [3.05, 3.63) is 79.3 Å².